The molecular formula is C13H24N2O3S. The third-order valence-electron chi connectivity index (χ3n) is 4.22. The van der Waals surface area contributed by atoms with Crippen LogP contribution in [-0.4, -0.2) is 37.9 Å². The number of nitrogens with two attached hydrogens (primary N) is 1. The first-order chi connectivity index (χ1) is 8.98. The topological polar surface area (TPSA) is 89.3 Å². The van der Waals surface area contributed by atoms with Crippen molar-refractivity contribution in [1.29, 1.82) is 0 Å². The molecule has 2 aliphatic rings. The molecule has 1 aliphatic carbocycles. The minimum Gasteiger partial charge on any atom is -0.352 e. The van der Waals surface area contributed by atoms with Crippen LogP contribution >= 0.6 is 0 Å². The molecule has 0 aromatic carbocycles. The summed E-state index contributed by atoms with van der Waals surface area (Å²) in [4.78, 5) is 12.3. The van der Waals surface area contributed by atoms with Crippen LogP contribution in [0, 0.1) is 5.92 Å². The zero-order valence-corrected chi connectivity index (χ0v) is 12.1. The van der Waals surface area contributed by atoms with E-state index in [0.717, 1.165) is 38.5 Å². The Balaban J connectivity index is 1.92. The van der Waals surface area contributed by atoms with Crippen LogP contribution in [-0.2, 0) is 14.6 Å². The number of hydrogen-bond acceptors (Lipinski definition) is 4. The molecule has 0 aromatic heterocycles. The highest BCUT2D eigenvalue weighted by molar-refractivity contribution is 7.91. The molecule has 1 aliphatic heterocycles. The van der Waals surface area contributed by atoms with Gasteiger partial charge in [-0.1, -0.05) is 19.3 Å². The first-order valence-electron chi connectivity index (χ1n) is 7.24. The van der Waals surface area contributed by atoms with Crippen LogP contribution in [0.4, 0.5) is 0 Å². The number of hydrogen-bond donors (Lipinski definition) is 2. The summed E-state index contributed by atoms with van der Waals surface area (Å²) in [6.07, 6.45) is 6.37. The average molecular weight is 288 g/mol. The summed E-state index contributed by atoms with van der Waals surface area (Å²) >= 11 is 0. The van der Waals surface area contributed by atoms with E-state index >= 15 is 0 Å². The molecule has 1 saturated heterocycles. The SMILES string of the molecule is NC1CCCCCC1C(=O)NC1CCCS(=O)(=O)C1. The second kappa shape index (κ2) is 6.22. The highest BCUT2D eigenvalue weighted by Crippen LogP contribution is 2.23. The summed E-state index contributed by atoms with van der Waals surface area (Å²) in [5.74, 6) is 0.145. The zero-order valence-electron chi connectivity index (χ0n) is 11.3. The number of carbonyl (C=O) groups is 1. The number of amides is 1. The van der Waals surface area contributed by atoms with Crippen LogP contribution < -0.4 is 11.1 Å². The second-order valence-corrected chi connectivity index (χ2v) is 8.10. The molecule has 1 amide bonds. The molecule has 3 atom stereocenters. The Kier molecular flexibility index (Phi) is 4.84. The molecule has 0 bridgehead atoms. The maximum absolute atomic E-state index is 12.3. The van der Waals surface area contributed by atoms with Crippen molar-refractivity contribution in [3.05, 3.63) is 0 Å². The Hall–Kier alpha value is -0.620. The summed E-state index contributed by atoms with van der Waals surface area (Å²) in [6.45, 7) is 0. The third-order valence-corrected chi connectivity index (χ3v) is 6.04. The Bertz CT molecular complexity index is 422. The lowest BCUT2D eigenvalue weighted by Crippen LogP contribution is -2.48. The van der Waals surface area contributed by atoms with E-state index in [1.165, 1.54) is 0 Å². The van der Waals surface area contributed by atoms with E-state index in [1.807, 2.05) is 0 Å². The van der Waals surface area contributed by atoms with E-state index in [2.05, 4.69) is 5.32 Å². The fourth-order valence-electron chi connectivity index (χ4n) is 3.11. The molecule has 110 valence electrons. The quantitative estimate of drug-likeness (QED) is 0.728. The van der Waals surface area contributed by atoms with Gasteiger partial charge >= 0.3 is 0 Å². The molecule has 2 fully saturated rings. The first-order valence-corrected chi connectivity index (χ1v) is 9.06. The standard InChI is InChI=1S/C13H24N2O3S/c14-12-7-3-1-2-6-11(12)13(16)15-10-5-4-8-19(17,18)9-10/h10-12H,1-9,14H2,(H,15,16). The molecule has 19 heavy (non-hydrogen) atoms. The van der Waals surface area contributed by atoms with E-state index in [4.69, 9.17) is 5.73 Å². The van der Waals surface area contributed by atoms with Crippen LogP contribution in [0.5, 0.6) is 0 Å². The molecule has 6 heteroatoms. The van der Waals surface area contributed by atoms with Crippen molar-refractivity contribution in [2.24, 2.45) is 11.7 Å². The fourth-order valence-corrected chi connectivity index (χ4v) is 4.74. The molecule has 1 saturated carbocycles. The Labute approximate surface area is 115 Å². The summed E-state index contributed by atoms with van der Waals surface area (Å²) in [6, 6.07) is -0.301. The predicted molar refractivity (Wildman–Crippen MR) is 74.4 cm³/mol. The van der Waals surface area contributed by atoms with E-state index < -0.39 is 9.84 Å². The van der Waals surface area contributed by atoms with Crippen molar-refractivity contribution in [3.63, 3.8) is 0 Å². The summed E-state index contributed by atoms with van der Waals surface area (Å²) < 4.78 is 23.1. The van der Waals surface area contributed by atoms with Gasteiger partial charge in [0.15, 0.2) is 9.84 Å². The van der Waals surface area contributed by atoms with Gasteiger partial charge in [-0.3, -0.25) is 4.79 Å². The highest BCUT2D eigenvalue weighted by atomic mass is 32.2. The van der Waals surface area contributed by atoms with Gasteiger partial charge in [0, 0.05) is 12.1 Å². The van der Waals surface area contributed by atoms with E-state index in [1.54, 1.807) is 0 Å². The van der Waals surface area contributed by atoms with Crippen molar-refractivity contribution in [1.82, 2.24) is 5.32 Å². The Morgan fingerprint density at radius 1 is 1.05 bits per heavy atom. The number of carbonyl (C=O) groups excluding carboxylic acids is 1. The average Bonchev–Trinajstić information content (AvgIpc) is 2.52. The zero-order chi connectivity index (χ0) is 13.9. The van der Waals surface area contributed by atoms with Crippen molar-refractivity contribution in [2.45, 2.75) is 57.0 Å². The van der Waals surface area contributed by atoms with Gasteiger partial charge in [0.2, 0.25) is 5.91 Å². The van der Waals surface area contributed by atoms with Crippen molar-refractivity contribution in [2.75, 3.05) is 11.5 Å². The van der Waals surface area contributed by atoms with Crippen LogP contribution in [0.2, 0.25) is 0 Å². The summed E-state index contributed by atoms with van der Waals surface area (Å²) in [7, 11) is -2.97. The maximum Gasteiger partial charge on any atom is 0.224 e. The lowest BCUT2D eigenvalue weighted by atomic mass is 9.94. The van der Waals surface area contributed by atoms with E-state index in [9.17, 15) is 13.2 Å². The third kappa shape index (κ3) is 4.18. The fraction of sp³-hybridized carbons (Fsp3) is 0.923. The van der Waals surface area contributed by atoms with Gasteiger partial charge in [0.1, 0.15) is 0 Å². The molecule has 2 rings (SSSR count). The van der Waals surface area contributed by atoms with Gasteiger partial charge in [-0.2, -0.15) is 0 Å². The van der Waals surface area contributed by atoms with Gasteiger partial charge in [-0.25, -0.2) is 8.42 Å². The van der Waals surface area contributed by atoms with E-state index in [0.29, 0.717) is 6.42 Å². The Morgan fingerprint density at radius 2 is 1.79 bits per heavy atom. The molecule has 1 heterocycles. The van der Waals surface area contributed by atoms with Crippen LogP contribution in [0.15, 0.2) is 0 Å². The van der Waals surface area contributed by atoms with Gasteiger partial charge in [-0.15, -0.1) is 0 Å². The molecule has 0 spiro atoms. The minimum atomic E-state index is -2.97. The van der Waals surface area contributed by atoms with Crippen molar-refractivity contribution < 1.29 is 13.2 Å². The normalized spacial score (nSPS) is 35.3. The number of rotatable bonds is 2. The highest BCUT2D eigenvalue weighted by Gasteiger charge is 2.31. The predicted octanol–water partition coefficient (Wildman–Crippen LogP) is 0.587. The van der Waals surface area contributed by atoms with Gasteiger partial charge < -0.3 is 11.1 Å². The minimum absolute atomic E-state index is 0.0449. The lowest BCUT2D eigenvalue weighted by molar-refractivity contribution is -0.126. The molecular weight excluding hydrogens is 264 g/mol. The maximum atomic E-state index is 12.3. The smallest absolute Gasteiger partial charge is 0.224 e. The lowest BCUT2D eigenvalue weighted by Gasteiger charge is -2.27. The monoisotopic (exact) mass is 288 g/mol. The van der Waals surface area contributed by atoms with Crippen LogP contribution in [0.3, 0.4) is 0 Å². The van der Waals surface area contributed by atoms with E-state index in [-0.39, 0.29) is 35.4 Å². The largest absolute Gasteiger partial charge is 0.352 e. The summed E-state index contributed by atoms with van der Waals surface area (Å²) in [5, 5.41) is 2.90. The number of nitrogens with one attached hydrogen (secondary N) is 1. The van der Waals surface area contributed by atoms with Gasteiger partial charge in [0.25, 0.3) is 0 Å². The van der Waals surface area contributed by atoms with Crippen molar-refractivity contribution in [3.8, 4) is 0 Å². The molecule has 3 unspecified atom stereocenters. The van der Waals surface area contributed by atoms with Crippen molar-refractivity contribution >= 4 is 15.7 Å². The molecule has 3 N–H and O–H groups in total. The summed E-state index contributed by atoms with van der Waals surface area (Å²) in [5.41, 5.74) is 6.06. The molecule has 5 nitrogen and oxygen atoms in total. The van der Waals surface area contributed by atoms with Gasteiger partial charge in [-0.05, 0) is 25.7 Å². The van der Waals surface area contributed by atoms with Crippen LogP contribution in [0.25, 0.3) is 0 Å². The molecule has 0 radical (unpaired) electrons. The number of sulfone groups is 1. The first kappa shape index (κ1) is 14.8. The van der Waals surface area contributed by atoms with Crippen LogP contribution in [0.1, 0.15) is 44.9 Å². The Morgan fingerprint density at radius 3 is 2.53 bits per heavy atom. The second-order valence-electron chi connectivity index (χ2n) is 5.87. The molecule has 0 aromatic rings. The van der Waals surface area contributed by atoms with Gasteiger partial charge in [0.05, 0.1) is 17.4 Å².